The summed E-state index contributed by atoms with van der Waals surface area (Å²) in [6, 6.07) is -0.312. The number of nitrogens with zero attached hydrogens (tertiary/aromatic N) is 3. The van der Waals surface area contributed by atoms with E-state index < -0.39 is 18.6 Å². The van der Waals surface area contributed by atoms with Gasteiger partial charge < -0.3 is 19.4 Å². The maximum atomic E-state index is 12.3. The third-order valence-electron chi connectivity index (χ3n) is 3.24. The number of morpholine rings is 1. The second-order valence-electron chi connectivity index (χ2n) is 4.73. The van der Waals surface area contributed by atoms with Crippen molar-refractivity contribution in [2.45, 2.75) is 6.18 Å². The highest BCUT2D eigenvalue weighted by molar-refractivity contribution is 5.85. The molecule has 0 aliphatic carbocycles. The smallest absolute Gasteiger partial charge is 0.378 e. The summed E-state index contributed by atoms with van der Waals surface area (Å²) in [5.74, 6) is -0.671. The molecule has 0 atom stereocenters. The van der Waals surface area contributed by atoms with Gasteiger partial charge in [0.05, 0.1) is 13.2 Å². The number of urea groups is 1. The van der Waals surface area contributed by atoms with Crippen LogP contribution in [0, 0.1) is 0 Å². The van der Waals surface area contributed by atoms with Crippen molar-refractivity contribution in [2.75, 3.05) is 52.5 Å². The van der Waals surface area contributed by atoms with Crippen molar-refractivity contribution in [3.05, 3.63) is 0 Å². The standard InChI is InChI=1S/C11H16F3N3O3/c12-11(13,14)8-17-2-1-16(7-9(17)18)10(19)15-3-5-20-6-4-15/h1-8H2. The normalized spacial score (nSPS) is 21.4. The van der Waals surface area contributed by atoms with Gasteiger partial charge in [-0.1, -0.05) is 0 Å². The van der Waals surface area contributed by atoms with E-state index in [1.165, 1.54) is 4.90 Å². The van der Waals surface area contributed by atoms with Crippen LogP contribution in [0.2, 0.25) is 0 Å². The molecule has 2 aliphatic rings. The zero-order valence-electron chi connectivity index (χ0n) is 10.9. The van der Waals surface area contributed by atoms with Crippen LogP contribution in [-0.4, -0.2) is 85.3 Å². The van der Waals surface area contributed by atoms with Gasteiger partial charge in [-0.25, -0.2) is 4.79 Å². The number of rotatable bonds is 1. The lowest BCUT2D eigenvalue weighted by Crippen LogP contribution is -2.58. The van der Waals surface area contributed by atoms with Crippen molar-refractivity contribution in [3.63, 3.8) is 0 Å². The minimum Gasteiger partial charge on any atom is -0.378 e. The first-order chi connectivity index (χ1) is 9.37. The minimum absolute atomic E-state index is 0.0889. The lowest BCUT2D eigenvalue weighted by atomic mass is 10.3. The molecule has 2 rings (SSSR count). The molecule has 0 saturated carbocycles. The van der Waals surface area contributed by atoms with Gasteiger partial charge in [-0.15, -0.1) is 0 Å². The van der Waals surface area contributed by atoms with Crippen molar-refractivity contribution in [3.8, 4) is 0 Å². The number of carbonyl (C=O) groups is 2. The van der Waals surface area contributed by atoms with Crippen molar-refractivity contribution in [2.24, 2.45) is 0 Å². The zero-order valence-corrected chi connectivity index (χ0v) is 10.9. The topological polar surface area (TPSA) is 53.1 Å². The van der Waals surface area contributed by atoms with Gasteiger partial charge in [-0.2, -0.15) is 13.2 Å². The van der Waals surface area contributed by atoms with Crippen molar-refractivity contribution < 1.29 is 27.5 Å². The third kappa shape index (κ3) is 3.75. The van der Waals surface area contributed by atoms with Crippen molar-refractivity contribution >= 4 is 11.9 Å². The molecule has 9 heteroatoms. The quantitative estimate of drug-likeness (QED) is 0.692. The molecule has 20 heavy (non-hydrogen) atoms. The van der Waals surface area contributed by atoms with Crippen LogP contribution < -0.4 is 0 Å². The van der Waals surface area contributed by atoms with Crippen LogP contribution in [0.4, 0.5) is 18.0 Å². The predicted octanol–water partition coefficient (Wildman–Crippen LogP) is 0.145. The fourth-order valence-electron chi connectivity index (χ4n) is 2.21. The molecule has 2 aliphatic heterocycles. The number of carbonyl (C=O) groups excluding carboxylic acids is 2. The molecule has 0 aromatic rings. The first kappa shape index (κ1) is 14.9. The van der Waals surface area contributed by atoms with Crippen molar-refractivity contribution in [1.29, 1.82) is 0 Å². The highest BCUT2D eigenvalue weighted by Gasteiger charge is 2.37. The average Bonchev–Trinajstić information content (AvgIpc) is 2.40. The van der Waals surface area contributed by atoms with E-state index in [2.05, 4.69) is 0 Å². The molecule has 0 radical (unpaired) electrons. The number of ether oxygens (including phenoxy) is 1. The summed E-state index contributed by atoms with van der Waals surface area (Å²) in [6.45, 7) is 0.233. The van der Waals surface area contributed by atoms with E-state index in [0.29, 0.717) is 26.3 Å². The van der Waals surface area contributed by atoms with E-state index in [9.17, 15) is 22.8 Å². The van der Waals surface area contributed by atoms with Crippen LogP contribution >= 0.6 is 0 Å². The van der Waals surface area contributed by atoms with Gasteiger partial charge in [-0.3, -0.25) is 4.79 Å². The highest BCUT2D eigenvalue weighted by Crippen LogP contribution is 2.18. The van der Waals surface area contributed by atoms with Gasteiger partial charge in [-0.05, 0) is 0 Å². The Bertz CT molecular complexity index is 383. The summed E-state index contributed by atoms with van der Waals surface area (Å²) in [7, 11) is 0. The Balaban J connectivity index is 1.88. The molecule has 0 aromatic carbocycles. The molecule has 3 amide bonds. The third-order valence-corrected chi connectivity index (χ3v) is 3.24. The molecular formula is C11H16F3N3O3. The fourth-order valence-corrected chi connectivity index (χ4v) is 2.21. The monoisotopic (exact) mass is 295 g/mol. The van der Waals surface area contributed by atoms with E-state index in [1.807, 2.05) is 0 Å². The molecule has 0 spiro atoms. The number of hydrogen-bond donors (Lipinski definition) is 0. The number of hydrogen-bond acceptors (Lipinski definition) is 3. The fraction of sp³-hybridized carbons (Fsp3) is 0.818. The number of alkyl halides is 3. The summed E-state index contributed by atoms with van der Waals surface area (Å²) in [4.78, 5) is 27.3. The summed E-state index contributed by atoms with van der Waals surface area (Å²) in [5, 5.41) is 0. The molecule has 0 unspecified atom stereocenters. The molecule has 2 heterocycles. The largest absolute Gasteiger partial charge is 0.406 e. The van der Waals surface area contributed by atoms with Gasteiger partial charge in [0.2, 0.25) is 5.91 Å². The molecule has 0 bridgehead atoms. The van der Waals surface area contributed by atoms with Crippen LogP contribution in [0.1, 0.15) is 0 Å². The van der Waals surface area contributed by atoms with Gasteiger partial charge in [0.25, 0.3) is 0 Å². The number of halogens is 3. The SMILES string of the molecule is O=C1CN(C(=O)N2CCOCC2)CCN1CC(F)(F)F. The molecule has 6 nitrogen and oxygen atoms in total. The molecular weight excluding hydrogens is 279 g/mol. The van der Waals surface area contributed by atoms with E-state index in [1.54, 1.807) is 4.90 Å². The number of piperazine rings is 1. The Labute approximate surface area is 114 Å². The van der Waals surface area contributed by atoms with Crippen LogP contribution in [-0.2, 0) is 9.53 Å². The van der Waals surface area contributed by atoms with Gasteiger partial charge in [0.15, 0.2) is 0 Å². The van der Waals surface area contributed by atoms with Crippen molar-refractivity contribution in [1.82, 2.24) is 14.7 Å². The van der Waals surface area contributed by atoms with Crippen LogP contribution in [0.3, 0.4) is 0 Å². The Morgan fingerprint density at radius 3 is 2.30 bits per heavy atom. The molecule has 114 valence electrons. The second-order valence-corrected chi connectivity index (χ2v) is 4.73. The van der Waals surface area contributed by atoms with E-state index in [4.69, 9.17) is 4.74 Å². The Morgan fingerprint density at radius 1 is 1.10 bits per heavy atom. The first-order valence-corrected chi connectivity index (χ1v) is 6.33. The van der Waals surface area contributed by atoms with E-state index >= 15 is 0 Å². The van der Waals surface area contributed by atoms with Gasteiger partial charge in [0, 0.05) is 26.2 Å². The zero-order chi connectivity index (χ0) is 14.8. The first-order valence-electron chi connectivity index (χ1n) is 6.33. The Morgan fingerprint density at radius 2 is 1.75 bits per heavy atom. The highest BCUT2D eigenvalue weighted by atomic mass is 19.4. The Kier molecular flexibility index (Phi) is 4.36. The van der Waals surface area contributed by atoms with Gasteiger partial charge in [0.1, 0.15) is 13.1 Å². The van der Waals surface area contributed by atoms with Gasteiger partial charge >= 0.3 is 12.2 Å². The summed E-state index contributed by atoms with van der Waals surface area (Å²) in [5.41, 5.74) is 0. The summed E-state index contributed by atoms with van der Waals surface area (Å²) >= 11 is 0. The maximum Gasteiger partial charge on any atom is 0.406 e. The van der Waals surface area contributed by atoms with E-state index in [-0.39, 0.29) is 25.7 Å². The predicted molar refractivity (Wildman–Crippen MR) is 62.0 cm³/mol. The average molecular weight is 295 g/mol. The molecule has 2 fully saturated rings. The summed E-state index contributed by atoms with van der Waals surface area (Å²) < 4.78 is 41.9. The minimum atomic E-state index is -4.41. The number of amides is 3. The molecule has 0 aromatic heterocycles. The van der Waals surface area contributed by atoms with Crippen LogP contribution in [0.15, 0.2) is 0 Å². The lowest BCUT2D eigenvalue weighted by Gasteiger charge is -2.38. The Hall–Kier alpha value is -1.51. The van der Waals surface area contributed by atoms with E-state index in [0.717, 1.165) is 4.90 Å². The van der Waals surface area contributed by atoms with Crippen LogP contribution in [0.5, 0.6) is 0 Å². The van der Waals surface area contributed by atoms with Crippen LogP contribution in [0.25, 0.3) is 0 Å². The maximum absolute atomic E-state index is 12.3. The molecule has 2 saturated heterocycles. The lowest BCUT2D eigenvalue weighted by molar-refractivity contribution is -0.164. The second kappa shape index (κ2) is 5.86. The summed E-state index contributed by atoms with van der Waals surface area (Å²) in [6.07, 6.45) is -4.41. The molecule has 0 N–H and O–H groups in total.